The third-order valence-corrected chi connectivity index (χ3v) is 3.59. The quantitative estimate of drug-likeness (QED) is 0.781. The lowest BCUT2D eigenvalue weighted by Gasteiger charge is -2.03. The summed E-state index contributed by atoms with van der Waals surface area (Å²) in [7, 11) is 0. The SMILES string of the molecule is Cc1ccc(-c2noc(CNC(=O)c3ccc(Cl)cc3F)n2)cc1. The van der Waals surface area contributed by atoms with Gasteiger partial charge in [-0.25, -0.2) is 4.39 Å². The van der Waals surface area contributed by atoms with Crippen molar-refractivity contribution in [3.05, 3.63) is 70.3 Å². The standard InChI is InChI=1S/C17H13ClFN3O2/c1-10-2-4-11(5-3-10)16-21-15(24-22-16)9-20-17(23)13-7-6-12(18)8-14(13)19/h2-8H,9H2,1H3,(H,20,23). The molecule has 3 aromatic rings. The molecule has 3 rings (SSSR count). The number of nitrogens with zero attached hydrogens (tertiary/aromatic N) is 2. The van der Waals surface area contributed by atoms with Crippen molar-refractivity contribution in [1.29, 1.82) is 0 Å². The fourth-order valence-corrected chi connectivity index (χ4v) is 2.23. The van der Waals surface area contributed by atoms with E-state index in [0.29, 0.717) is 5.82 Å². The molecule has 5 nitrogen and oxygen atoms in total. The summed E-state index contributed by atoms with van der Waals surface area (Å²) < 4.78 is 18.8. The molecule has 7 heteroatoms. The van der Waals surface area contributed by atoms with Crippen LogP contribution in [0.3, 0.4) is 0 Å². The number of aromatic nitrogens is 2. The van der Waals surface area contributed by atoms with Gasteiger partial charge in [-0.2, -0.15) is 4.98 Å². The highest BCUT2D eigenvalue weighted by Crippen LogP contribution is 2.17. The molecular weight excluding hydrogens is 333 g/mol. The van der Waals surface area contributed by atoms with Gasteiger partial charge in [0.25, 0.3) is 5.91 Å². The van der Waals surface area contributed by atoms with Crippen LogP contribution in [0.25, 0.3) is 11.4 Å². The zero-order chi connectivity index (χ0) is 17.1. The second kappa shape index (κ2) is 6.80. The minimum atomic E-state index is -0.689. The van der Waals surface area contributed by atoms with Crippen LogP contribution in [0.5, 0.6) is 0 Å². The molecule has 0 radical (unpaired) electrons. The first-order valence-corrected chi connectivity index (χ1v) is 7.53. The van der Waals surface area contributed by atoms with Crippen molar-refractivity contribution >= 4 is 17.5 Å². The number of hydrogen-bond donors (Lipinski definition) is 1. The van der Waals surface area contributed by atoms with Crippen molar-refractivity contribution in [2.75, 3.05) is 0 Å². The summed E-state index contributed by atoms with van der Waals surface area (Å²) in [5, 5.41) is 6.62. The number of hydrogen-bond acceptors (Lipinski definition) is 4. The topological polar surface area (TPSA) is 68.0 Å². The van der Waals surface area contributed by atoms with Crippen LogP contribution in [0.4, 0.5) is 4.39 Å². The molecular formula is C17H13ClFN3O2. The summed E-state index contributed by atoms with van der Waals surface area (Å²) in [5.74, 6) is -0.615. The average molecular weight is 346 g/mol. The van der Waals surface area contributed by atoms with E-state index in [2.05, 4.69) is 15.5 Å². The van der Waals surface area contributed by atoms with Gasteiger partial charge < -0.3 is 9.84 Å². The van der Waals surface area contributed by atoms with Gasteiger partial charge >= 0.3 is 0 Å². The third-order valence-electron chi connectivity index (χ3n) is 3.35. The van der Waals surface area contributed by atoms with Crippen LogP contribution in [0.15, 0.2) is 47.0 Å². The molecule has 0 atom stereocenters. The zero-order valence-corrected chi connectivity index (χ0v) is 13.5. The Labute approximate surface area is 142 Å². The van der Waals surface area contributed by atoms with Crippen LogP contribution in [-0.2, 0) is 6.54 Å². The molecule has 0 unspecified atom stereocenters. The van der Waals surface area contributed by atoms with Gasteiger partial charge in [-0.3, -0.25) is 4.79 Å². The van der Waals surface area contributed by atoms with Crippen molar-refractivity contribution in [2.24, 2.45) is 0 Å². The van der Waals surface area contributed by atoms with Crippen molar-refractivity contribution in [1.82, 2.24) is 15.5 Å². The van der Waals surface area contributed by atoms with Gasteiger partial charge in [-0.1, -0.05) is 46.6 Å². The Kier molecular flexibility index (Phi) is 4.57. The summed E-state index contributed by atoms with van der Waals surface area (Å²) >= 11 is 5.66. The Balaban J connectivity index is 1.67. The minimum absolute atomic E-state index is 0.000237. The van der Waals surface area contributed by atoms with Crippen molar-refractivity contribution in [2.45, 2.75) is 13.5 Å². The average Bonchev–Trinajstić information content (AvgIpc) is 3.02. The number of halogens is 2. The number of carbonyl (C=O) groups excluding carboxylic acids is 1. The maximum Gasteiger partial charge on any atom is 0.254 e. The Hall–Kier alpha value is -2.73. The van der Waals surface area contributed by atoms with Crippen LogP contribution >= 0.6 is 11.6 Å². The maximum atomic E-state index is 13.7. The smallest absolute Gasteiger partial charge is 0.254 e. The second-order valence-corrected chi connectivity index (χ2v) is 5.62. The summed E-state index contributed by atoms with van der Waals surface area (Å²) in [6.07, 6.45) is 0. The predicted octanol–water partition coefficient (Wildman–Crippen LogP) is 3.77. The van der Waals surface area contributed by atoms with Gasteiger partial charge in [0.2, 0.25) is 11.7 Å². The predicted molar refractivity (Wildman–Crippen MR) is 87.1 cm³/mol. The molecule has 0 saturated carbocycles. The largest absolute Gasteiger partial charge is 0.343 e. The van der Waals surface area contributed by atoms with Crippen molar-refractivity contribution < 1.29 is 13.7 Å². The van der Waals surface area contributed by atoms with Gasteiger partial charge in [-0.15, -0.1) is 0 Å². The molecule has 1 N–H and O–H groups in total. The highest BCUT2D eigenvalue weighted by atomic mass is 35.5. The number of amides is 1. The van der Waals surface area contributed by atoms with E-state index in [9.17, 15) is 9.18 Å². The van der Waals surface area contributed by atoms with E-state index < -0.39 is 11.7 Å². The third kappa shape index (κ3) is 3.60. The Bertz CT molecular complexity index is 878. The van der Waals surface area contributed by atoms with Crippen LogP contribution in [0.2, 0.25) is 5.02 Å². The first-order valence-electron chi connectivity index (χ1n) is 7.16. The minimum Gasteiger partial charge on any atom is -0.343 e. The summed E-state index contributed by atoms with van der Waals surface area (Å²) in [6, 6.07) is 11.5. The van der Waals surface area contributed by atoms with E-state index in [4.69, 9.17) is 16.1 Å². The Morgan fingerprint density at radius 1 is 1.25 bits per heavy atom. The fourth-order valence-electron chi connectivity index (χ4n) is 2.07. The number of aryl methyl sites for hydroxylation is 1. The lowest BCUT2D eigenvalue weighted by molar-refractivity contribution is 0.0942. The first-order chi connectivity index (χ1) is 11.5. The summed E-state index contributed by atoms with van der Waals surface area (Å²) in [6.45, 7) is 1.98. The van der Waals surface area contributed by atoms with E-state index in [1.54, 1.807) is 0 Å². The van der Waals surface area contributed by atoms with E-state index in [1.165, 1.54) is 12.1 Å². The first kappa shape index (κ1) is 16.1. The normalized spacial score (nSPS) is 10.6. The molecule has 0 aliphatic carbocycles. The maximum absolute atomic E-state index is 13.7. The Morgan fingerprint density at radius 3 is 2.71 bits per heavy atom. The van der Waals surface area contributed by atoms with Gasteiger partial charge in [-0.05, 0) is 25.1 Å². The second-order valence-electron chi connectivity index (χ2n) is 5.18. The lowest BCUT2D eigenvalue weighted by Crippen LogP contribution is -2.24. The Morgan fingerprint density at radius 2 is 2.00 bits per heavy atom. The van der Waals surface area contributed by atoms with Crippen LogP contribution < -0.4 is 5.32 Å². The van der Waals surface area contributed by atoms with Crippen molar-refractivity contribution in [3.63, 3.8) is 0 Å². The van der Waals surface area contributed by atoms with E-state index in [0.717, 1.165) is 17.2 Å². The van der Waals surface area contributed by atoms with Gasteiger partial charge in [0, 0.05) is 10.6 Å². The molecule has 0 aliphatic rings. The van der Waals surface area contributed by atoms with Crippen molar-refractivity contribution in [3.8, 4) is 11.4 Å². The molecule has 0 saturated heterocycles. The van der Waals surface area contributed by atoms with Gasteiger partial charge in [0.15, 0.2) is 0 Å². The fraction of sp³-hybridized carbons (Fsp3) is 0.118. The molecule has 0 bridgehead atoms. The van der Waals surface area contributed by atoms with Gasteiger partial charge in [0.1, 0.15) is 5.82 Å². The molecule has 0 aliphatic heterocycles. The molecule has 0 fully saturated rings. The van der Waals surface area contributed by atoms with Crippen LogP contribution in [0, 0.1) is 12.7 Å². The molecule has 2 aromatic carbocycles. The summed E-state index contributed by atoms with van der Waals surface area (Å²) in [5.41, 5.74) is 1.84. The molecule has 24 heavy (non-hydrogen) atoms. The molecule has 122 valence electrons. The van der Waals surface area contributed by atoms with E-state index in [1.807, 2.05) is 31.2 Å². The zero-order valence-electron chi connectivity index (χ0n) is 12.7. The number of carbonyl (C=O) groups is 1. The monoisotopic (exact) mass is 345 g/mol. The number of nitrogens with one attached hydrogen (secondary N) is 1. The summed E-state index contributed by atoms with van der Waals surface area (Å²) in [4.78, 5) is 16.2. The van der Waals surface area contributed by atoms with Crippen LogP contribution in [0.1, 0.15) is 21.8 Å². The molecule has 1 amide bonds. The molecule has 1 heterocycles. The van der Waals surface area contributed by atoms with E-state index in [-0.39, 0.29) is 23.0 Å². The lowest BCUT2D eigenvalue weighted by atomic mass is 10.1. The van der Waals surface area contributed by atoms with Gasteiger partial charge in [0.05, 0.1) is 12.1 Å². The number of rotatable bonds is 4. The molecule has 1 aromatic heterocycles. The van der Waals surface area contributed by atoms with Crippen LogP contribution in [-0.4, -0.2) is 16.0 Å². The highest BCUT2D eigenvalue weighted by Gasteiger charge is 2.14. The number of benzene rings is 2. The van der Waals surface area contributed by atoms with E-state index >= 15 is 0 Å². The highest BCUT2D eigenvalue weighted by molar-refractivity contribution is 6.30. The molecule has 0 spiro atoms.